The van der Waals surface area contributed by atoms with Crippen molar-refractivity contribution in [1.29, 1.82) is 0 Å². The number of sulfone groups is 1. The van der Waals surface area contributed by atoms with Crippen molar-refractivity contribution < 1.29 is 12.8 Å². The van der Waals surface area contributed by atoms with Crippen molar-refractivity contribution in [3.8, 4) is 0 Å². The third kappa shape index (κ3) is 2.93. The summed E-state index contributed by atoms with van der Waals surface area (Å²) in [5.41, 5.74) is 1.41. The molecule has 0 atom stereocenters. The molecule has 0 amide bonds. The fourth-order valence-electron chi connectivity index (χ4n) is 1.88. The van der Waals surface area contributed by atoms with Gasteiger partial charge in [-0.25, -0.2) is 12.8 Å². The number of benzene rings is 1. The van der Waals surface area contributed by atoms with Gasteiger partial charge in [0.2, 0.25) is 0 Å². The van der Waals surface area contributed by atoms with Gasteiger partial charge in [-0.1, -0.05) is 6.92 Å². The van der Waals surface area contributed by atoms with E-state index in [4.69, 9.17) is 0 Å². The first-order valence-corrected chi connectivity index (χ1v) is 8.48. The highest BCUT2D eigenvalue weighted by atomic mass is 79.9. The van der Waals surface area contributed by atoms with E-state index in [0.29, 0.717) is 16.6 Å². The third-order valence-corrected chi connectivity index (χ3v) is 5.56. The summed E-state index contributed by atoms with van der Waals surface area (Å²) < 4.78 is 39.8. The number of hydrogen-bond donors (Lipinski definition) is 0. The van der Waals surface area contributed by atoms with Crippen molar-refractivity contribution in [2.24, 2.45) is 7.05 Å². The number of aromatic nitrogens is 2. The van der Waals surface area contributed by atoms with Crippen LogP contribution in [0.2, 0.25) is 0 Å². The molecule has 1 aromatic heterocycles. The number of aryl methyl sites for hydroxylation is 2. The number of hydrogen-bond acceptors (Lipinski definition) is 3. The van der Waals surface area contributed by atoms with Crippen molar-refractivity contribution in [1.82, 2.24) is 9.78 Å². The van der Waals surface area contributed by atoms with Gasteiger partial charge in [0.25, 0.3) is 0 Å². The zero-order chi connectivity index (χ0) is 14.9. The Kier molecular flexibility index (Phi) is 4.29. The van der Waals surface area contributed by atoms with Gasteiger partial charge in [0.05, 0.1) is 26.5 Å². The molecule has 0 unspecified atom stereocenters. The third-order valence-electron chi connectivity index (χ3n) is 3.00. The van der Waals surface area contributed by atoms with E-state index in [9.17, 15) is 12.8 Å². The van der Waals surface area contributed by atoms with E-state index in [2.05, 4.69) is 21.0 Å². The number of halogens is 2. The molecule has 0 radical (unpaired) electrons. The van der Waals surface area contributed by atoms with Crippen LogP contribution in [0, 0.1) is 5.82 Å². The average molecular weight is 361 g/mol. The van der Waals surface area contributed by atoms with Gasteiger partial charge in [-0.05, 0) is 46.6 Å². The lowest BCUT2D eigenvalue weighted by Gasteiger charge is -2.05. The minimum Gasteiger partial charge on any atom is -0.270 e. The summed E-state index contributed by atoms with van der Waals surface area (Å²) in [6, 6.07) is 4.83. The fourth-order valence-corrected chi connectivity index (χ4v) is 4.23. The smallest absolute Gasteiger partial charge is 0.184 e. The van der Waals surface area contributed by atoms with E-state index in [1.807, 2.05) is 6.92 Å². The lowest BCUT2D eigenvalue weighted by atomic mass is 10.3. The Balaban J connectivity index is 2.38. The van der Waals surface area contributed by atoms with E-state index in [0.717, 1.165) is 17.8 Å². The van der Waals surface area contributed by atoms with Crippen LogP contribution < -0.4 is 0 Å². The Labute approximate surface area is 125 Å². The first-order chi connectivity index (χ1) is 9.35. The van der Waals surface area contributed by atoms with Crippen LogP contribution in [-0.2, 0) is 29.1 Å². The maximum Gasteiger partial charge on any atom is 0.184 e. The molecule has 0 saturated heterocycles. The minimum atomic E-state index is -3.53. The molecule has 2 rings (SSSR count). The van der Waals surface area contributed by atoms with Crippen LogP contribution in [0.1, 0.15) is 18.3 Å². The van der Waals surface area contributed by atoms with Crippen LogP contribution in [0.5, 0.6) is 0 Å². The zero-order valence-corrected chi connectivity index (χ0v) is 13.5. The molecular weight excluding hydrogens is 347 g/mol. The first-order valence-electron chi connectivity index (χ1n) is 6.03. The predicted molar refractivity (Wildman–Crippen MR) is 77.6 cm³/mol. The van der Waals surface area contributed by atoms with Gasteiger partial charge < -0.3 is 0 Å². The lowest BCUT2D eigenvalue weighted by molar-refractivity contribution is 0.590. The summed E-state index contributed by atoms with van der Waals surface area (Å²) >= 11 is 3.39. The molecular formula is C13H14BrFN2O2S. The summed E-state index contributed by atoms with van der Waals surface area (Å²) in [5, 5.41) is 4.27. The van der Waals surface area contributed by atoms with Crippen LogP contribution >= 0.6 is 15.9 Å². The average Bonchev–Trinajstić information content (AvgIpc) is 2.66. The molecule has 0 saturated carbocycles. The van der Waals surface area contributed by atoms with Crippen LogP contribution in [0.4, 0.5) is 4.39 Å². The largest absolute Gasteiger partial charge is 0.270 e. The molecule has 1 aromatic carbocycles. The van der Waals surface area contributed by atoms with Gasteiger partial charge in [0.15, 0.2) is 9.84 Å². The lowest BCUT2D eigenvalue weighted by Crippen LogP contribution is -2.09. The van der Waals surface area contributed by atoms with Gasteiger partial charge in [0, 0.05) is 7.05 Å². The predicted octanol–water partition coefficient (Wildman–Crippen LogP) is 2.86. The standard InChI is InChI=1S/C13H14BrFN2O2S/c1-3-11-13(14)12(17(2)16-11)8-20(18,19)10-6-4-9(15)5-7-10/h4-7H,3,8H2,1-2H3. The molecule has 2 aromatic rings. The minimum absolute atomic E-state index is 0.102. The fraction of sp³-hybridized carbons (Fsp3) is 0.308. The normalized spacial score (nSPS) is 11.8. The molecule has 1 heterocycles. The van der Waals surface area contributed by atoms with Gasteiger partial charge in [-0.3, -0.25) is 4.68 Å². The second-order valence-electron chi connectivity index (χ2n) is 4.40. The highest BCUT2D eigenvalue weighted by Gasteiger charge is 2.21. The van der Waals surface area contributed by atoms with Crippen molar-refractivity contribution in [3.05, 3.63) is 45.9 Å². The summed E-state index contributed by atoms with van der Waals surface area (Å²) in [4.78, 5) is 0.102. The van der Waals surface area contributed by atoms with E-state index < -0.39 is 15.7 Å². The number of rotatable bonds is 4. The monoisotopic (exact) mass is 360 g/mol. The Hall–Kier alpha value is -1.21. The van der Waals surface area contributed by atoms with Gasteiger partial charge in [-0.2, -0.15) is 5.10 Å². The summed E-state index contributed by atoms with van der Waals surface area (Å²) in [6.07, 6.45) is 0.713. The summed E-state index contributed by atoms with van der Waals surface area (Å²) in [7, 11) is -1.82. The van der Waals surface area contributed by atoms with Crippen molar-refractivity contribution in [2.45, 2.75) is 24.0 Å². The van der Waals surface area contributed by atoms with Crippen LogP contribution in [0.25, 0.3) is 0 Å². The number of nitrogens with zero attached hydrogens (tertiary/aromatic N) is 2. The Bertz CT molecular complexity index is 724. The Morgan fingerprint density at radius 1 is 1.30 bits per heavy atom. The first kappa shape index (κ1) is 15.2. The van der Waals surface area contributed by atoms with Crippen molar-refractivity contribution in [2.75, 3.05) is 0 Å². The summed E-state index contributed by atoms with van der Waals surface area (Å²) in [5.74, 6) is -0.637. The van der Waals surface area contributed by atoms with Crippen molar-refractivity contribution >= 4 is 25.8 Å². The van der Waals surface area contributed by atoms with E-state index >= 15 is 0 Å². The second kappa shape index (κ2) is 5.65. The Morgan fingerprint density at radius 2 is 1.90 bits per heavy atom. The molecule has 20 heavy (non-hydrogen) atoms. The van der Waals surface area contributed by atoms with Gasteiger partial charge >= 0.3 is 0 Å². The molecule has 7 heteroatoms. The summed E-state index contributed by atoms with van der Waals surface area (Å²) in [6.45, 7) is 1.95. The van der Waals surface area contributed by atoms with Gasteiger partial charge in [0.1, 0.15) is 5.82 Å². The van der Waals surface area contributed by atoms with Gasteiger partial charge in [-0.15, -0.1) is 0 Å². The molecule has 0 aliphatic heterocycles. The maximum atomic E-state index is 12.9. The quantitative estimate of drug-likeness (QED) is 0.787. The second-order valence-corrected chi connectivity index (χ2v) is 7.18. The van der Waals surface area contributed by atoms with Crippen LogP contribution in [0.15, 0.2) is 33.6 Å². The topological polar surface area (TPSA) is 52.0 Å². The maximum absolute atomic E-state index is 12.9. The van der Waals surface area contributed by atoms with E-state index in [1.54, 1.807) is 11.7 Å². The molecule has 0 bridgehead atoms. The molecule has 0 aliphatic rings. The SMILES string of the molecule is CCc1nn(C)c(CS(=O)(=O)c2ccc(F)cc2)c1Br. The highest BCUT2D eigenvalue weighted by Crippen LogP contribution is 2.25. The molecule has 4 nitrogen and oxygen atoms in total. The van der Waals surface area contributed by atoms with Crippen LogP contribution in [0.3, 0.4) is 0 Å². The highest BCUT2D eigenvalue weighted by molar-refractivity contribution is 9.10. The van der Waals surface area contributed by atoms with Crippen LogP contribution in [-0.4, -0.2) is 18.2 Å². The zero-order valence-electron chi connectivity index (χ0n) is 11.1. The van der Waals surface area contributed by atoms with E-state index in [1.165, 1.54) is 12.1 Å². The Morgan fingerprint density at radius 3 is 2.40 bits per heavy atom. The van der Waals surface area contributed by atoms with Crippen molar-refractivity contribution in [3.63, 3.8) is 0 Å². The molecule has 0 aliphatic carbocycles. The molecule has 108 valence electrons. The molecule has 0 N–H and O–H groups in total. The van der Waals surface area contributed by atoms with E-state index in [-0.39, 0.29) is 10.6 Å². The molecule has 0 spiro atoms. The molecule has 0 fully saturated rings.